The second-order valence-corrected chi connectivity index (χ2v) is 4.29. The van der Waals surface area contributed by atoms with Gasteiger partial charge in [0, 0.05) is 13.5 Å². The van der Waals surface area contributed by atoms with Crippen LogP contribution in [0.1, 0.15) is 42.1 Å². The van der Waals surface area contributed by atoms with Crippen molar-refractivity contribution in [1.29, 1.82) is 0 Å². The minimum Gasteiger partial charge on any atom is -0.465 e. The summed E-state index contributed by atoms with van der Waals surface area (Å²) in [4.78, 5) is 22.0. The molecule has 0 aromatic heterocycles. The van der Waals surface area contributed by atoms with E-state index in [-0.39, 0.29) is 11.9 Å². The molecule has 1 unspecified atom stereocenters. The van der Waals surface area contributed by atoms with Gasteiger partial charge in [-0.3, -0.25) is 4.79 Å². The largest absolute Gasteiger partial charge is 0.465 e. The van der Waals surface area contributed by atoms with Crippen LogP contribution in [0, 0.1) is 0 Å². The molecule has 0 saturated heterocycles. The number of amides is 1. The van der Waals surface area contributed by atoms with Crippen LogP contribution in [-0.2, 0) is 9.53 Å². The van der Waals surface area contributed by atoms with E-state index in [4.69, 9.17) is 0 Å². The molecule has 98 valence electrons. The van der Waals surface area contributed by atoms with Gasteiger partial charge in [-0.05, 0) is 30.0 Å². The first kappa shape index (κ1) is 14.2. The average molecular weight is 249 g/mol. The van der Waals surface area contributed by atoms with E-state index >= 15 is 0 Å². The minimum atomic E-state index is -0.326. The fraction of sp³-hybridized carbons (Fsp3) is 0.429. The van der Waals surface area contributed by atoms with Gasteiger partial charge in [-0.25, -0.2) is 4.79 Å². The molecule has 0 spiro atoms. The molecule has 0 aliphatic carbocycles. The van der Waals surface area contributed by atoms with Crippen molar-refractivity contribution in [2.75, 3.05) is 13.7 Å². The molecule has 4 nitrogen and oxygen atoms in total. The third-order valence-electron chi connectivity index (χ3n) is 2.85. The van der Waals surface area contributed by atoms with Gasteiger partial charge in [0.15, 0.2) is 0 Å². The summed E-state index contributed by atoms with van der Waals surface area (Å²) in [6.07, 6.45) is 0.872. The Kier molecular flexibility index (Phi) is 5.36. The molecule has 0 aliphatic heterocycles. The summed E-state index contributed by atoms with van der Waals surface area (Å²) in [6.45, 7) is 4.26. The Morgan fingerprint density at radius 1 is 1.28 bits per heavy atom. The van der Waals surface area contributed by atoms with E-state index in [1.54, 1.807) is 12.1 Å². The van der Waals surface area contributed by atoms with Gasteiger partial charge in [-0.1, -0.05) is 19.1 Å². The topological polar surface area (TPSA) is 55.4 Å². The maximum Gasteiger partial charge on any atom is 0.337 e. The van der Waals surface area contributed by atoms with Gasteiger partial charge < -0.3 is 10.1 Å². The van der Waals surface area contributed by atoms with Crippen molar-refractivity contribution in [2.24, 2.45) is 0 Å². The smallest absolute Gasteiger partial charge is 0.337 e. The van der Waals surface area contributed by atoms with Crippen molar-refractivity contribution in [2.45, 2.75) is 26.2 Å². The number of nitrogens with one attached hydrogen (secondary N) is 1. The maximum atomic E-state index is 11.3. The Bertz CT molecular complexity index is 412. The van der Waals surface area contributed by atoms with Gasteiger partial charge in [-0.2, -0.15) is 0 Å². The Hall–Kier alpha value is -1.84. The molecule has 0 aliphatic rings. The second kappa shape index (κ2) is 6.79. The number of carbonyl (C=O) groups excluding carboxylic acids is 2. The fourth-order valence-corrected chi connectivity index (χ4v) is 1.70. The van der Waals surface area contributed by atoms with Crippen molar-refractivity contribution in [3.8, 4) is 0 Å². The molecule has 4 heteroatoms. The molecule has 0 bridgehead atoms. The summed E-state index contributed by atoms with van der Waals surface area (Å²) in [5.74, 6) is -0.000708. The number of hydrogen-bond donors (Lipinski definition) is 1. The first-order valence-corrected chi connectivity index (χ1v) is 5.97. The summed E-state index contributed by atoms with van der Waals surface area (Å²) in [6, 6.07) is 7.36. The number of hydrogen-bond acceptors (Lipinski definition) is 3. The SMILES string of the molecule is COC(=O)c1ccc(C(C)CCNC(C)=O)cc1. The summed E-state index contributed by atoms with van der Waals surface area (Å²) < 4.78 is 4.64. The fourth-order valence-electron chi connectivity index (χ4n) is 1.70. The van der Waals surface area contributed by atoms with Crippen LogP contribution in [-0.4, -0.2) is 25.5 Å². The molecule has 1 aromatic carbocycles. The molecule has 0 heterocycles. The number of esters is 1. The van der Waals surface area contributed by atoms with E-state index in [1.165, 1.54) is 14.0 Å². The van der Waals surface area contributed by atoms with Crippen LogP contribution in [0.2, 0.25) is 0 Å². The lowest BCUT2D eigenvalue weighted by Crippen LogP contribution is -2.22. The quantitative estimate of drug-likeness (QED) is 0.813. The van der Waals surface area contributed by atoms with Crippen molar-refractivity contribution in [3.05, 3.63) is 35.4 Å². The van der Waals surface area contributed by atoms with Gasteiger partial charge in [0.1, 0.15) is 0 Å². The van der Waals surface area contributed by atoms with E-state index in [1.807, 2.05) is 12.1 Å². The lowest BCUT2D eigenvalue weighted by atomic mass is 9.97. The molecule has 0 fully saturated rings. The van der Waals surface area contributed by atoms with Gasteiger partial charge >= 0.3 is 5.97 Å². The van der Waals surface area contributed by atoms with Crippen LogP contribution in [0.15, 0.2) is 24.3 Å². The Labute approximate surface area is 107 Å². The molecule has 1 N–H and O–H groups in total. The van der Waals surface area contributed by atoms with Crippen molar-refractivity contribution < 1.29 is 14.3 Å². The van der Waals surface area contributed by atoms with Crippen LogP contribution < -0.4 is 5.32 Å². The second-order valence-electron chi connectivity index (χ2n) is 4.29. The zero-order valence-electron chi connectivity index (χ0n) is 11.0. The maximum absolute atomic E-state index is 11.3. The molecular weight excluding hydrogens is 230 g/mol. The van der Waals surface area contributed by atoms with E-state index in [2.05, 4.69) is 17.0 Å². The Morgan fingerprint density at radius 3 is 2.39 bits per heavy atom. The van der Waals surface area contributed by atoms with Gasteiger partial charge in [0.25, 0.3) is 0 Å². The molecule has 0 saturated carbocycles. The zero-order valence-corrected chi connectivity index (χ0v) is 11.0. The van der Waals surface area contributed by atoms with Crippen molar-refractivity contribution >= 4 is 11.9 Å². The molecular formula is C14H19NO3. The lowest BCUT2D eigenvalue weighted by molar-refractivity contribution is -0.118. The van der Waals surface area contributed by atoms with Crippen molar-refractivity contribution in [1.82, 2.24) is 5.32 Å². The van der Waals surface area contributed by atoms with Gasteiger partial charge in [-0.15, -0.1) is 0 Å². The summed E-state index contributed by atoms with van der Waals surface area (Å²) in [7, 11) is 1.37. The monoisotopic (exact) mass is 249 g/mol. The number of rotatable bonds is 5. The highest BCUT2D eigenvalue weighted by atomic mass is 16.5. The van der Waals surface area contributed by atoms with E-state index in [9.17, 15) is 9.59 Å². The Balaban J connectivity index is 2.56. The first-order valence-electron chi connectivity index (χ1n) is 5.97. The number of methoxy groups -OCH3 is 1. The lowest BCUT2D eigenvalue weighted by Gasteiger charge is -2.12. The molecule has 18 heavy (non-hydrogen) atoms. The van der Waals surface area contributed by atoms with Crippen LogP contribution in [0.3, 0.4) is 0 Å². The summed E-state index contributed by atoms with van der Waals surface area (Å²) in [5, 5.41) is 2.77. The normalized spacial score (nSPS) is 11.7. The molecule has 0 radical (unpaired) electrons. The highest BCUT2D eigenvalue weighted by Crippen LogP contribution is 2.19. The van der Waals surface area contributed by atoms with Crippen LogP contribution >= 0.6 is 0 Å². The Morgan fingerprint density at radius 2 is 1.89 bits per heavy atom. The first-order chi connectivity index (χ1) is 8.54. The minimum absolute atomic E-state index is 0.0109. The summed E-state index contributed by atoms with van der Waals surface area (Å²) in [5.41, 5.74) is 1.70. The van der Waals surface area contributed by atoms with E-state index in [0.29, 0.717) is 18.0 Å². The molecule has 1 atom stereocenters. The third kappa shape index (κ3) is 4.20. The summed E-state index contributed by atoms with van der Waals surface area (Å²) >= 11 is 0. The molecule has 1 rings (SSSR count). The highest BCUT2D eigenvalue weighted by molar-refractivity contribution is 5.89. The van der Waals surface area contributed by atoms with E-state index < -0.39 is 0 Å². The number of carbonyl (C=O) groups is 2. The third-order valence-corrected chi connectivity index (χ3v) is 2.85. The number of benzene rings is 1. The van der Waals surface area contributed by atoms with Gasteiger partial charge in [0.2, 0.25) is 5.91 Å². The predicted molar refractivity (Wildman–Crippen MR) is 69.5 cm³/mol. The zero-order chi connectivity index (χ0) is 13.5. The van der Waals surface area contributed by atoms with Crippen LogP contribution in [0.5, 0.6) is 0 Å². The standard InChI is InChI=1S/C14H19NO3/c1-10(8-9-15-11(2)16)12-4-6-13(7-5-12)14(17)18-3/h4-7,10H,8-9H2,1-3H3,(H,15,16). The van der Waals surface area contributed by atoms with Crippen LogP contribution in [0.25, 0.3) is 0 Å². The average Bonchev–Trinajstić information content (AvgIpc) is 2.37. The predicted octanol–water partition coefficient (Wildman–Crippen LogP) is 2.10. The van der Waals surface area contributed by atoms with E-state index in [0.717, 1.165) is 12.0 Å². The molecule has 1 aromatic rings. The van der Waals surface area contributed by atoms with Crippen molar-refractivity contribution in [3.63, 3.8) is 0 Å². The van der Waals surface area contributed by atoms with Gasteiger partial charge in [0.05, 0.1) is 12.7 Å². The number of ether oxygens (including phenoxy) is 1. The molecule has 1 amide bonds. The highest BCUT2D eigenvalue weighted by Gasteiger charge is 2.08. The van der Waals surface area contributed by atoms with Crippen LogP contribution in [0.4, 0.5) is 0 Å².